The second-order valence-electron chi connectivity index (χ2n) is 4.96. The van der Waals surface area contributed by atoms with Crippen LogP contribution in [0.15, 0.2) is 30.3 Å². The second-order valence-corrected chi connectivity index (χ2v) is 4.96. The second kappa shape index (κ2) is 7.88. The summed E-state index contributed by atoms with van der Waals surface area (Å²) < 4.78 is 5.14. The number of carbonyl (C=O) groups excluding carboxylic acids is 1. The lowest BCUT2D eigenvalue weighted by molar-refractivity contribution is -0.144. The van der Waals surface area contributed by atoms with Crippen molar-refractivity contribution >= 4 is 5.97 Å². The van der Waals surface area contributed by atoms with Crippen molar-refractivity contribution in [3.05, 3.63) is 35.9 Å². The Hall–Kier alpha value is -1.35. The smallest absolute Gasteiger partial charge is 0.305 e. The van der Waals surface area contributed by atoms with Gasteiger partial charge < -0.3 is 10.5 Å². The van der Waals surface area contributed by atoms with Crippen molar-refractivity contribution in [1.29, 1.82) is 0 Å². The van der Waals surface area contributed by atoms with Crippen LogP contribution in [0.3, 0.4) is 0 Å². The van der Waals surface area contributed by atoms with Crippen molar-refractivity contribution in [2.75, 3.05) is 6.61 Å². The Morgan fingerprint density at radius 1 is 1.22 bits per heavy atom. The minimum Gasteiger partial charge on any atom is -0.466 e. The zero-order chi connectivity index (χ0) is 13.4. The van der Waals surface area contributed by atoms with E-state index in [1.807, 2.05) is 30.3 Å². The monoisotopic (exact) mass is 249 g/mol. The summed E-state index contributed by atoms with van der Waals surface area (Å²) in [6, 6.07) is 9.73. The Morgan fingerprint density at radius 2 is 1.89 bits per heavy atom. The number of carbonyl (C=O) groups is 1. The standard InChI is InChI=1S/C15H23NO2/c1-12(2)10-11-18-15(17)9-8-14(16)13-6-4-3-5-7-13/h3-7,12,14H,8-11,16H2,1-2H3. The van der Waals surface area contributed by atoms with Crippen molar-refractivity contribution in [1.82, 2.24) is 0 Å². The number of nitrogens with two attached hydrogens (primary N) is 1. The van der Waals surface area contributed by atoms with Crippen molar-refractivity contribution in [2.24, 2.45) is 11.7 Å². The van der Waals surface area contributed by atoms with E-state index in [1.165, 1.54) is 0 Å². The molecule has 0 aliphatic carbocycles. The molecule has 0 saturated heterocycles. The summed E-state index contributed by atoms with van der Waals surface area (Å²) in [5.41, 5.74) is 7.07. The van der Waals surface area contributed by atoms with E-state index in [2.05, 4.69) is 13.8 Å². The third-order valence-electron chi connectivity index (χ3n) is 2.85. The maximum Gasteiger partial charge on any atom is 0.305 e. The maximum absolute atomic E-state index is 11.5. The number of esters is 1. The Morgan fingerprint density at radius 3 is 2.50 bits per heavy atom. The fourth-order valence-electron chi connectivity index (χ4n) is 1.62. The zero-order valence-corrected chi connectivity index (χ0v) is 11.3. The minimum atomic E-state index is -0.151. The lowest BCUT2D eigenvalue weighted by atomic mass is 10.0. The highest BCUT2D eigenvalue weighted by atomic mass is 16.5. The van der Waals surface area contributed by atoms with Gasteiger partial charge in [-0.05, 0) is 24.3 Å². The van der Waals surface area contributed by atoms with Crippen LogP contribution in [-0.4, -0.2) is 12.6 Å². The largest absolute Gasteiger partial charge is 0.466 e. The van der Waals surface area contributed by atoms with Crippen LogP contribution >= 0.6 is 0 Å². The van der Waals surface area contributed by atoms with Gasteiger partial charge in [-0.25, -0.2) is 0 Å². The maximum atomic E-state index is 11.5. The summed E-state index contributed by atoms with van der Waals surface area (Å²) in [7, 11) is 0. The molecule has 3 heteroatoms. The van der Waals surface area contributed by atoms with Crippen LogP contribution in [-0.2, 0) is 9.53 Å². The molecule has 18 heavy (non-hydrogen) atoms. The first kappa shape index (κ1) is 14.7. The molecule has 0 bridgehead atoms. The number of hydrogen-bond donors (Lipinski definition) is 1. The van der Waals surface area contributed by atoms with Crippen LogP contribution < -0.4 is 5.73 Å². The highest BCUT2D eigenvalue weighted by molar-refractivity contribution is 5.69. The summed E-state index contributed by atoms with van der Waals surface area (Å²) in [5.74, 6) is 0.409. The molecule has 0 fully saturated rings. The zero-order valence-electron chi connectivity index (χ0n) is 11.3. The SMILES string of the molecule is CC(C)CCOC(=O)CCC(N)c1ccccc1. The summed E-state index contributed by atoms with van der Waals surface area (Å²) in [4.78, 5) is 11.5. The number of hydrogen-bond acceptors (Lipinski definition) is 3. The molecule has 3 nitrogen and oxygen atoms in total. The molecule has 0 aliphatic heterocycles. The van der Waals surface area contributed by atoms with Crippen molar-refractivity contribution < 1.29 is 9.53 Å². The van der Waals surface area contributed by atoms with Crippen LogP contribution in [0.1, 0.15) is 44.7 Å². The molecule has 1 aromatic rings. The average Bonchev–Trinajstić information content (AvgIpc) is 2.36. The van der Waals surface area contributed by atoms with E-state index < -0.39 is 0 Å². The highest BCUT2D eigenvalue weighted by Crippen LogP contribution is 2.15. The highest BCUT2D eigenvalue weighted by Gasteiger charge is 2.09. The Balaban J connectivity index is 2.22. The molecule has 0 spiro atoms. The normalized spacial score (nSPS) is 12.4. The average molecular weight is 249 g/mol. The summed E-state index contributed by atoms with van der Waals surface area (Å²) in [5, 5.41) is 0. The third-order valence-corrected chi connectivity index (χ3v) is 2.85. The van der Waals surface area contributed by atoms with Gasteiger partial charge in [-0.3, -0.25) is 4.79 Å². The lowest BCUT2D eigenvalue weighted by Gasteiger charge is -2.11. The fourth-order valence-corrected chi connectivity index (χ4v) is 1.62. The van der Waals surface area contributed by atoms with Gasteiger partial charge in [0.2, 0.25) is 0 Å². The van der Waals surface area contributed by atoms with Gasteiger partial charge >= 0.3 is 5.97 Å². The van der Waals surface area contributed by atoms with E-state index in [-0.39, 0.29) is 12.0 Å². The van der Waals surface area contributed by atoms with Crippen LogP contribution in [0.4, 0.5) is 0 Å². The number of benzene rings is 1. The molecule has 0 heterocycles. The van der Waals surface area contributed by atoms with E-state index >= 15 is 0 Å². The predicted molar refractivity (Wildman–Crippen MR) is 73.0 cm³/mol. The van der Waals surface area contributed by atoms with Crippen molar-refractivity contribution in [3.63, 3.8) is 0 Å². The summed E-state index contributed by atoms with van der Waals surface area (Å²) in [6.07, 6.45) is 1.93. The first-order chi connectivity index (χ1) is 8.59. The molecule has 1 rings (SSSR count). The number of ether oxygens (including phenoxy) is 1. The Kier molecular flexibility index (Phi) is 6.44. The molecule has 0 aliphatic rings. The van der Waals surface area contributed by atoms with E-state index in [1.54, 1.807) is 0 Å². The molecule has 2 N–H and O–H groups in total. The van der Waals surface area contributed by atoms with Gasteiger partial charge in [-0.15, -0.1) is 0 Å². The van der Waals surface area contributed by atoms with Gasteiger partial charge in [0.1, 0.15) is 0 Å². The fraction of sp³-hybridized carbons (Fsp3) is 0.533. The van der Waals surface area contributed by atoms with Crippen molar-refractivity contribution in [2.45, 2.75) is 39.2 Å². The van der Waals surface area contributed by atoms with Gasteiger partial charge in [0.05, 0.1) is 6.61 Å². The topological polar surface area (TPSA) is 52.3 Å². The van der Waals surface area contributed by atoms with Gasteiger partial charge in [0.15, 0.2) is 0 Å². The molecule has 0 aromatic heterocycles. The quantitative estimate of drug-likeness (QED) is 0.756. The van der Waals surface area contributed by atoms with E-state index in [4.69, 9.17) is 10.5 Å². The number of rotatable bonds is 7. The van der Waals surface area contributed by atoms with E-state index in [0.717, 1.165) is 12.0 Å². The Labute approximate surface area is 109 Å². The van der Waals surface area contributed by atoms with Gasteiger partial charge in [-0.2, -0.15) is 0 Å². The van der Waals surface area contributed by atoms with E-state index in [9.17, 15) is 4.79 Å². The van der Waals surface area contributed by atoms with E-state index in [0.29, 0.717) is 25.4 Å². The summed E-state index contributed by atoms with van der Waals surface area (Å²) in [6.45, 7) is 4.73. The van der Waals surface area contributed by atoms with Crippen LogP contribution in [0.25, 0.3) is 0 Å². The van der Waals surface area contributed by atoms with Gasteiger partial charge in [0.25, 0.3) is 0 Å². The van der Waals surface area contributed by atoms with Gasteiger partial charge in [-0.1, -0.05) is 44.2 Å². The molecule has 0 radical (unpaired) electrons. The van der Waals surface area contributed by atoms with Crippen molar-refractivity contribution in [3.8, 4) is 0 Å². The van der Waals surface area contributed by atoms with Gasteiger partial charge in [0, 0.05) is 12.5 Å². The minimum absolute atomic E-state index is 0.0937. The molecule has 0 saturated carbocycles. The lowest BCUT2D eigenvalue weighted by Crippen LogP contribution is -2.14. The molecular weight excluding hydrogens is 226 g/mol. The summed E-state index contributed by atoms with van der Waals surface area (Å²) >= 11 is 0. The molecule has 1 unspecified atom stereocenters. The molecule has 1 atom stereocenters. The Bertz CT molecular complexity index is 349. The molecule has 100 valence electrons. The van der Waals surface area contributed by atoms with Crippen LogP contribution in [0, 0.1) is 5.92 Å². The third kappa shape index (κ3) is 5.82. The predicted octanol–water partition coefficient (Wildman–Crippen LogP) is 3.06. The molecular formula is C15H23NO2. The molecule has 0 amide bonds. The molecule has 1 aromatic carbocycles. The first-order valence-electron chi connectivity index (χ1n) is 6.55. The van der Waals surface area contributed by atoms with Crippen LogP contribution in [0.5, 0.6) is 0 Å². The van der Waals surface area contributed by atoms with Crippen LogP contribution in [0.2, 0.25) is 0 Å². The first-order valence-corrected chi connectivity index (χ1v) is 6.55.